The fourth-order valence-corrected chi connectivity index (χ4v) is 3.59. The number of fused-ring (bicyclic) bond motifs is 1. The van der Waals surface area contributed by atoms with Crippen LogP contribution in [0.3, 0.4) is 0 Å². The number of carbonyl (C=O) groups is 1. The highest BCUT2D eigenvalue weighted by atomic mass is 16.3. The van der Waals surface area contributed by atoms with E-state index in [2.05, 4.69) is 21.8 Å². The number of carbonyl (C=O) groups excluding carboxylic acids is 1. The second-order valence-electron chi connectivity index (χ2n) is 6.52. The molecule has 132 valence electrons. The lowest BCUT2D eigenvalue weighted by Gasteiger charge is -2.34. The highest BCUT2D eigenvalue weighted by molar-refractivity contribution is 5.88. The Morgan fingerprint density at radius 2 is 2.12 bits per heavy atom. The lowest BCUT2D eigenvalue weighted by molar-refractivity contribution is -0.129. The molecule has 1 fully saturated rings. The molecule has 2 N–H and O–H groups in total. The molecule has 0 spiro atoms. The van der Waals surface area contributed by atoms with Gasteiger partial charge in [-0.05, 0) is 49.6 Å². The standard InChI is InChI=1S/C20H20N4O2/c1-2-19(26)24-10-6-5-8-17(24)16-12-13-11-15(22-23-20(13)21-16)14-7-3-4-9-18(14)25/h2-4,7,9,11-12,17,25H,1,5-6,8,10H2,(H,21,23). The van der Waals surface area contributed by atoms with E-state index in [-0.39, 0.29) is 17.7 Å². The molecule has 6 heteroatoms. The number of hydrogen-bond donors (Lipinski definition) is 2. The first kappa shape index (κ1) is 16.3. The number of likely N-dealkylation sites (tertiary alicyclic amines) is 1. The van der Waals surface area contributed by atoms with Crippen molar-refractivity contribution in [2.24, 2.45) is 0 Å². The minimum Gasteiger partial charge on any atom is -0.507 e. The predicted octanol–water partition coefficient (Wildman–Crippen LogP) is 3.57. The molecule has 2 aromatic heterocycles. The SMILES string of the molecule is C=CC(=O)N1CCCCC1c1cc2cc(-c3ccccc3O)nnc2[nH]1. The van der Waals surface area contributed by atoms with Gasteiger partial charge in [0.1, 0.15) is 5.75 Å². The molecule has 0 radical (unpaired) electrons. The zero-order valence-corrected chi connectivity index (χ0v) is 14.4. The minimum absolute atomic E-state index is 0.00275. The van der Waals surface area contributed by atoms with Gasteiger partial charge in [-0.25, -0.2) is 0 Å². The van der Waals surface area contributed by atoms with Crippen LogP contribution in [0.1, 0.15) is 31.0 Å². The first-order valence-corrected chi connectivity index (χ1v) is 8.75. The highest BCUT2D eigenvalue weighted by Gasteiger charge is 2.28. The molecule has 0 bridgehead atoms. The second kappa shape index (κ2) is 6.63. The number of hydrogen-bond acceptors (Lipinski definition) is 4. The van der Waals surface area contributed by atoms with Gasteiger partial charge in [-0.1, -0.05) is 18.7 Å². The predicted molar refractivity (Wildman–Crippen MR) is 99.5 cm³/mol. The smallest absolute Gasteiger partial charge is 0.246 e. The number of nitrogens with one attached hydrogen (secondary N) is 1. The maximum absolute atomic E-state index is 12.2. The first-order valence-electron chi connectivity index (χ1n) is 8.75. The van der Waals surface area contributed by atoms with E-state index >= 15 is 0 Å². The summed E-state index contributed by atoms with van der Waals surface area (Å²) in [7, 11) is 0. The van der Waals surface area contributed by atoms with Crippen LogP contribution in [-0.2, 0) is 4.79 Å². The molecule has 0 saturated carbocycles. The largest absolute Gasteiger partial charge is 0.507 e. The van der Waals surface area contributed by atoms with E-state index in [4.69, 9.17) is 0 Å². The number of aromatic amines is 1. The maximum Gasteiger partial charge on any atom is 0.246 e. The molecule has 26 heavy (non-hydrogen) atoms. The van der Waals surface area contributed by atoms with Crippen LogP contribution in [0.4, 0.5) is 0 Å². The van der Waals surface area contributed by atoms with Gasteiger partial charge in [0.2, 0.25) is 5.91 Å². The van der Waals surface area contributed by atoms with Crippen LogP contribution in [0.15, 0.2) is 49.1 Å². The average molecular weight is 348 g/mol. The Labute approximate surface area is 151 Å². The number of piperidine rings is 1. The number of phenolic OH excluding ortho intramolecular Hbond substituents is 1. The van der Waals surface area contributed by atoms with Crippen LogP contribution in [0.25, 0.3) is 22.3 Å². The molecular formula is C20H20N4O2. The van der Waals surface area contributed by atoms with Gasteiger partial charge >= 0.3 is 0 Å². The molecule has 4 rings (SSSR count). The van der Waals surface area contributed by atoms with Crippen molar-refractivity contribution in [2.45, 2.75) is 25.3 Å². The van der Waals surface area contributed by atoms with Gasteiger partial charge < -0.3 is 15.0 Å². The van der Waals surface area contributed by atoms with Gasteiger partial charge in [0.05, 0.1) is 11.7 Å². The number of benzene rings is 1. The van der Waals surface area contributed by atoms with Gasteiger partial charge in [0, 0.05) is 23.2 Å². The average Bonchev–Trinajstić information content (AvgIpc) is 3.11. The summed E-state index contributed by atoms with van der Waals surface area (Å²) in [6.07, 6.45) is 4.37. The summed E-state index contributed by atoms with van der Waals surface area (Å²) < 4.78 is 0. The van der Waals surface area contributed by atoms with Gasteiger partial charge in [0.15, 0.2) is 5.65 Å². The van der Waals surface area contributed by atoms with Crippen molar-refractivity contribution in [1.29, 1.82) is 0 Å². The Balaban J connectivity index is 1.72. The molecule has 1 aromatic carbocycles. The molecule has 1 aliphatic heterocycles. The Bertz CT molecular complexity index is 979. The van der Waals surface area contributed by atoms with E-state index in [0.29, 0.717) is 16.9 Å². The van der Waals surface area contributed by atoms with Gasteiger partial charge in [-0.3, -0.25) is 4.79 Å². The Morgan fingerprint density at radius 1 is 1.27 bits per heavy atom. The van der Waals surface area contributed by atoms with Crippen molar-refractivity contribution in [3.63, 3.8) is 0 Å². The van der Waals surface area contributed by atoms with Crippen molar-refractivity contribution < 1.29 is 9.90 Å². The quantitative estimate of drug-likeness (QED) is 0.709. The van der Waals surface area contributed by atoms with Crippen molar-refractivity contribution in [1.82, 2.24) is 20.1 Å². The molecule has 1 unspecified atom stereocenters. The summed E-state index contributed by atoms with van der Waals surface area (Å²) in [5, 5.41) is 19.4. The van der Waals surface area contributed by atoms with E-state index in [1.54, 1.807) is 12.1 Å². The van der Waals surface area contributed by atoms with Crippen molar-refractivity contribution in [3.8, 4) is 17.0 Å². The number of amides is 1. The summed E-state index contributed by atoms with van der Waals surface area (Å²) in [6, 6.07) is 11.0. The Kier molecular flexibility index (Phi) is 4.16. The van der Waals surface area contributed by atoms with Crippen molar-refractivity contribution in [2.75, 3.05) is 6.54 Å². The number of H-pyrrole nitrogens is 1. The normalized spacial score (nSPS) is 17.4. The molecule has 6 nitrogen and oxygen atoms in total. The van der Waals surface area contributed by atoms with E-state index < -0.39 is 0 Å². The summed E-state index contributed by atoms with van der Waals surface area (Å²) in [4.78, 5) is 17.3. The van der Waals surface area contributed by atoms with Crippen LogP contribution in [0, 0.1) is 0 Å². The van der Waals surface area contributed by atoms with E-state index in [0.717, 1.165) is 36.9 Å². The van der Waals surface area contributed by atoms with Crippen molar-refractivity contribution >= 4 is 16.9 Å². The molecule has 1 amide bonds. The molecule has 3 aromatic rings. The fourth-order valence-electron chi connectivity index (χ4n) is 3.59. The molecular weight excluding hydrogens is 328 g/mol. The number of nitrogens with zero attached hydrogens (tertiary/aromatic N) is 3. The first-order chi connectivity index (χ1) is 12.7. The maximum atomic E-state index is 12.2. The number of para-hydroxylation sites is 1. The van der Waals surface area contributed by atoms with E-state index in [9.17, 15) is 9.90 Å². The zero-order valence-electron chi connectivity index (χ0n) is 14.4. The van der Waals surface area contributed by atoms with Gasteiger partial charge in [-0.2, -0.15) is 0 Å². The fraction of sp³-hybridized carbons (Fsp3) is 0.250. The van der Waals surface area contributed by atoms with Crippen LogP contribution in [-0.4, -0.2) is 37.6 Å². The summed E-state index contributed by atoms with van der Waals surface area (Å²) in [6.45, 7) is 4.35. The van der Waals surface area contributed by atoms with E-state index in [1.165, 1.54) is 6.08 Å². The highest BCUT2D eigenvalue weighted by Crippen LogP contribution is 2.33. The monoisotopic (exact) mass is 348 g/mol. The van der Waals surface area contributed by atoms with Gasteiger partial charge in [-0.15, -0.1) is 10.2 Å². The lowest BCUT2D eigenvalue weighted by Crippen LogP contribution is -2.37. The molecule has 1 saturated heterocycles. The lowest BCUT2D eigenvalue weighted by atomic mass is 9.99. The molecule has 0 aliphatic carbocycles. The van der Waals surface area contributed by atoms with E-state index in [1.807, 2.05) is 29.2 Å². The Morgan fingerprint density at radius 3 is 2.92 bits per heavy atom. The summed E-state index contributed by atoms with van der Waals surface area (Å²) >= 11 is 0. The van der Waals surface area contributed by atoms with Crippen LogP contribution in [0.2, 0.25) is 0 Å². The summed E-state index contributed by atoms with van der Waals surface area (Å²) in [5.74, 6) is 0.126. The third-order valence-corrected chi connectivity index (χ3v) is 4.90. The minimum atomic E-state index is -0.0469. The third-order valence-electron chi connectivity index (χ3n) is 4.90. The summed E-state index contributed by atoms with van der Waals surface area (Å²) in [5.41, 5.74) is 2.89. The van der Waals surface area contributed by atoms with Gasteiger partial charge in [0.25, 0.3) is 0 Å². The molecule has 1 atom stereocenters. The number of phenols is 1. The van der Waals surface area contributed by atoms with Crippen LogP contribution < -0.4 is 0 Å². The number of aromatic hydroxyl groups is 1. The topological polar surface area (TPSA) is 82.1 Å². The second-order valence-corrected chi connectivity index (χ2v) is 6.52. The Hall–Kier alpha value is -3.15. The number of aromatic nitrogens is 3. The molecule has 1 aliphatic rings. The third kappa shape index (κ3) is 2.83. The number of rotatable bonds is 3. The van der Waals surface area contributed by atoms with Crippen LogP contribution >= 0.6 is 0 Å². The van der Waals surface area contributed by atoms with Crippen molar-refractivity contribution in [3.05, 3.63) is 54.7 Å². The van der Waals surface area contributed by atoms with Crippen LogP contribution in [0.5, 0.6) is 5.75 Å². The zero-order chi connectivity index (χ0) is 18.1. The molecule has 3 heterocycles.